The second-order valence-electron chi connectivity index (χ2n) is 7.00. The molecule has 1 amide bonds. The lowest BCUT2D eigenvalue weighted by Gasteiger charge is -2.10. The van der Waals surface area contributed by atoms with Crippen LogP contribution < -0.4 is 11.0 Å². The zero-order chi connectivity index (χ0) is 20.3. The predicted molar refractivity (Wildman–Crippen MR) is 109 cm³/mol. The summed E-state index contributed by atoms with van der Waals surface area (Å²) in [5.41, 5.74) is 1.47. The average molecular weight is 388 g/mol. The van der Waals surface area contributed by atoms with Gasteiger partial charge in [-0.25, -0.2) is 9.48 Å². The van der Waals surface area contributed by atoms with Crippen LogP contribution in [0.4, 0.5) is 5.69 Å². The molecule has 0 radical (unpaired) electrons. The second-order valence-corrected chi connectivity index (χ2v) is 7.00. The number of amides is 1. The number of nitrogens with zero attached hydrogens (tertiary/aromatic N) is 5. The molecule has 1 N–H and O–H groups in total. The topological polar surface area (TPSA) is 93.1 Å². The van der Waals surface area contributed by atoms with Gasteiger partial charge in [0.25, 0.3) is 0 Å². The molecular weight excluding hydrogens is 368 g/mol. The van der Waals surface area contributed by atoms with E-state index in [1.807, 2.05) is 30.3 Å². The number of carbonyl (C=O) groups excluding carboxylic acids is 1. The van der Waals surface area contributed by atoms with Gasteiger partial charge in [0.05, 0.1) is 6.54 Å². The fourth-order valence-corrected chi connectivity index (χ4v) is 3.20. The minimum Gasteiger partial charge on any atom is -0.326 e. The maximum Gasteiger partial charge on any atom is 0.350 e. The molecule has 3 heterocycles. The molecule has 8 heteroatoms. The minimum atomic E-state index is -0.462. The standard InChI is InChI=1S/C21H20N6O2/c1-2-3-11-21(24-25-21)12-10-19(28)22-17-8-6-7-16(14-17)15-27-20(29)26-13-5-4-9-18(26)23-27/h1,4-9,13-14H,3,10-12,15H2,(H,22,28). The highest BCUT2D eigenvalue weighted by atomic mass is 16.2. The first kappa shape index (κ1) is 18.6. The van der Waals surface area contributed by atoms with E-state index in [0.29, 0.717) is 43.6 Å². The van der Waals surface area contributed by atoms with Crippen LogP contribution in [0.3, 0.4) is 0 Å². The number of nitrogens with one attached hydrogen (secondary N) is 1. The van der Waals surface area contributed by atoms with Crippen molar-refractivity contribution in [2.75, 3.05) is 5.32 Å². The fourth-order valence-electron chi connectivity index (χ4n) is 3.20. The van der Waals surface area contributed by atoms with E-state index in [9.17, 15) is 9.59 Å². The third-order valence-electron chi connectivity index (χ3n) is 4.84. The van der Waals surface area contributed by atoms with Crippen molar-refractivity contribution < 1.29 is 4.79 Å². The van der Waals surface area contributed by atoms with Crippen LogP contribution in [-0.4, -0.2) is 25.8 Å². The summed E-state index contributed by atoms with van der Waals surface area (Å²) in [6, 6.07) is 12.8. The molecule has 0 aliphatic carbocycles. The van der Waals surface area contributed by atoms with E-state index in [2.05, 4.69) is 26.6 Å². The normalized spacial score (nSPS) is 13.9. The van der Waals surface area contributed by atoms with Crippen molar-refractivity contribution >= 4 is 17.2 Å². The van der Waals surface area contributed by atoms with E-state index in [1.165, 1.54) is 9.08 Å². The Morgan fingerprint density at radius 3 is 2.79 bits per heavy atom. The third kappa shape index (κ3) is 4.24. The van der Waals surface area contributed by atoms with Gasteiger partial charge in [0.1, 0.15) is 0 Å². The highest BCUT2D eigenvalue weighted by Crippen LogP contribution is 2.37. The third-order valence-corrected chi connectivity index (χ3v) is 4.84. The van der Waals surface area contributed by atoms with Crippen LogP contribution in [-0.2, 0) is 11.3 Å². The Kier molecular flexibility index (Phi) is 4.96. The summed E-state index contributed by atoms with van der Waals surface area (Å²) in [7, 11) is 0. The van der Waals surface area contributed by atoms with Crippen LogP contribution in [0.15, 0.2) is 63.7 Å². The number of hydrogen-bond donors (Lipinski definition) is 1. The van der Waals surface area contributed by atoms with Crippen molar-refractivity contribution in [3.63, 3.8) is 0 Å². The van der Waals surface area contributed by atoms with Crippen molar-refractivity contribution in [2.24, 2.45) is 10.2 Å². The van der Waals surface area contributed by atoms with Gasteiger partial charge in [0, 0.05) is 37.6 Å². The van der Waals surface area contributed by atoms with Crippen molar-refractivity contribution in [3.05, 3.63) is 64.7 Å². The number of hydrogen-bond acceptors (Lipinski definition) is 5. The highest BCUT2D eigenvalue weighted by molar-refractivity contribution is 5.90. The van der Waals surface area contributed by atoms with E-state index in [1.54, 1.807) is 18.3 Å². The summed E-state index contributed by atoms with van der Waals surface area (Å²) >= 11 is 0. The summed E-state index contributed by atoms with van der Waals surface area (Å²) in [6.45, 7) is 0.317. The average Bonchev–Trinajstić information content (AvgIpc) is 3.44. The Hall–Kier alpha value is -3.73. The molecule has 4 rings (SSSR count). The Morgan fingerprint density at radius 1 is 1.17 bits per heavy atom. The Balaban J connectivity index is 1.38. The van der Waals surface area contributed by atoms with Crippen LogP contribution in [0, 0.1) is 12.3 Å². The molecule has 0 saturated heterocycles. The summed E-state index contributed by atoms with van der Waals surface area (Å²) in [5, 5.41) is 15.3. The Labute approximate surface area is 167 Å². The number of terminal acetylenes is 1. The SMILES string of the molecule is C#CCCC1(CCC(=O)Nc2cccc(Cn3nc4ccccn4c3=O)c2)N=N1. The molecule has 0 atom stereocenters. The summed E-state index contributed by atoms with van der Waals surface area (Å²) < 4.78 is 2.90. The minimum absolute atomic E-state index is 0.107. The van der Waals surface area contributed by atoms with Crippen LogP contribution >= 0.6 is 0 Å². The molecule has 29 heavy (non-hydrogen) atoms. The second kappa shape index (κ2) is 7.72. The van der Waals surface area contributed by atoms with Gasteiger partial charge in [-0.15, -0.1) is 17.4 Å². The molecule has 0 fully saturated rings. The zero-order valence-corrected chi connectivity index (χ0v) is 15.8. The lowest BCUT2D eigenvalue weighted by atomic mass is 10.0. The first-order valence-corrected chi connectivity index (χ1v) is 9.39. The van der Waals surface area contributed by atoms with Crippen LogP contribution in [0.5, 0.6) is 0 Å². The van der Waals surface area contributed by atoms with Gasteiger partial charge >= 0.3 is 5.69 Å². The molecule has 1 aliphatic rings. The van der Waals surface area contributed by atoms with Crippen molar-refractivity contribution in [3.8, 4) is 12.3 Å². The molecule has 8 nitrogen and oxygen atoms in total. The maximum atomic E-state index is 12.4. The number of anilines is 1. The first-order chi connectivity index (χ1) is 14.1. The molecule has 2 aromatic heterocycles. The van der Waals surface area contributed by atoms with E-state index in [4.69, 9.17) is 6.42 Å². The van der Waals surface area contributed by atoms with Gasteiger partial charge in [-0.3, -0.25) is 9.20 Å². The molecule has 0 spiro atoms. The number of rotatable bonds is 8. The molecule has 0 bridgehead atoms. The summed E-state index contributed by atoms with van der Waals surface area (Å²) in [6.07, 6.45) is 9.11. The summed E-state index contributed by atoms with van der Waals surface area (Å²) in [4.78, 5) is 24.7. The predicted octanol–water partition coefficient (Wildman–Crippen LogP) is 2.84. The lowest BCUT2D eigenvalue weighted by Crippen LogP contribution is -2.21. The lowest BCUT2D eigenvalue weighted by molar-refractivity contribution is -0.116. The molecule has 146 valence electrons. The molecule has 0 unspecified atom stereocenters. The van der Waals surface area contributed by atoms with Crippen LogP contribution in [0.2, 0.25) is 0 Å². The molecule has 3 aromatic rings. The zero-order valence-electron chi connectivity index (χ0n) is 15.8. The van der Waals surface area contributed by atoms with E-state index in [0.717, 1.165) is 5.56 Å². The van der Waals surface area contributed by atoms with Gasteiger partial charge in [0.15, 0.2) is 11.3 Å². The quantitative estimate of drug-likeness (QED) is 0.601. The van der Waals surface area contributed by atoms with Crippen molar-refractivity contribution in [2.45, 2.75) is 37.9 Å². The van der Waals surface area contributed by atoms with Gasteiger partial charge in [-0.05, 0) is 29.8 Å². The smallest absolute Gasteiger partial charge is 0.326 e. The largest absolute Gasteiger partial charge is 0.350 e. The van der Waals surface area contributed by atoms with E-state index in [-0.39, 0.29) is 11.6 Å². The Morgan fingerprint density at radius 2 is 2.03 bits per heavy atom. The van der Waals surface area contributed by atoms with Gasteiger partial charge in [-0.2, -0.15) is 10.2 Å². The van der Waals surface area contributed by atoms with Gasteiger partial charge in [-0.1, -0.05) is 18.2 Å². The van der Waals surface area contributed by atoms with Gasteiger partial charge in [0.2, 0.25) is 5.91 Å². The highest BCUT2D eigenvalue weighted by Gasteiger charge is 2.39. The number of aromatic nitrogens is 3. The van der Waals surface area contributed by atoms with Crippen LogP contribution in [0.1, 0.15) is 31.2 Å². The number of benzene rings is 1. The van der Waals surface area contributed by atoms with E-state index >= 15 is 0 Å². The number of fused-ring (bicyclic) bond motifs is 1. The maximum absolute atomic E-state index is 12.4. The first-order valence-electron chi connectivity index (χ1n) is 9.39. The molecule has 0 saturated carbocycles. The van der Waals surface area contributed by atoms with E-state index < -0.39 is 5.66 Å². The molecule has 1 aliphatic heterocycles. The van der Waals surface area contributed by atoms with Crippen molar-refractivity contribution in [1.82, 2.24) is 14.2 Å². The van der Waals surface area contributed by atoms with Gasteiger partial charge < -0.3 is 5.32 Å². The van der Waals surface area contributed by atoms with Crippen LogP contribution in [0.25, 0.3) is 5.65 Å². The molecular formula is C21H20N6O2. The number of pyridine rings is 1. The Bertz CT molecular complexity index is 1180. The van der Waals surface area contributed by atoms with Crippen molar-refractivity contribution in [1.29, 1.82) is 0 Å². The number of carbonyl (C=O) groups is 1. The fraction of sp³-hybridized carbons (Fsp3) is 0.286. The summed E-state index contributed by atoms with van der Waals surface area (Å²) in [5.74, 6) is 2.47. The molecule has 1 aromatic carbocycles. The monoisotopic (exact) mass is 388 g/mol.